The van der Waals surface area contributed by atoms with Crippen molar-refractivity contribution >= 4 is 38.9 Å². The molecule has 116 valence electrons. The zero-order valence-corrected chi connectivity index (χ0v) is 13.6. The van der Waals surface area contributed by atoms with Crippen molar-refractivity contribution in [2.45, 2.75) is 6.54 Å². The minimum absolute atomic E-state index is 0.147. The van der Waals surface area contributed by atoms with Gasteiger partial charge in [-0.15, -0.1) is 16.4 Å². The lowest BCUT2D eigenvalue weighted by Crippen LogP contribution is -2.24. The second kappa shape index (κ2) is 5.07. The van der Waals surface area contributed by atoms with Crippen LogP contribution in [0.4, 0.5) is 0 Å². The Bertz CT molecular complexity index is 1150. The lowest BCUT2D eigenvalue weighted by atomic mass is 10.2. The SMILES string of the molecule is Cn1c(=O)c2sccc2n2c(=O)n(Cc3ccc(Cl)cc3)nc12. The van der Waals surface area contributed by atoms with Crippen molar-refractivity contribution in [3.63, 3.8) is 0 Å². The Balaban J connectivity index is 1.97. The molecule has 0 fully saturated rings. The van der Waals surface area contributed by atoms with Gasteiger partial charge in [0.2, 0.25) is 5.78 Å². The predicted molar refractivity (Wildman–Crippen MR) is 90.6 cm³/mol. The van der Waals surface area contributed by atoms with E-state index >= 15 is 0 Å². The van der Waals surface area contributed by atoms with Crippen LogP contribution in [0, 0.1) is 0 Å². The molecule has 0 spiro atoms. The number of hydrogen-bond acceptors (Lipinski definition) is 4. The van der Waals surface area contributed by atoms with Gasteiger partial charge in [-0.05, 0) is 29.1 Å². The highest BCUT2D eigenvalue weighted by molar-refractivity contribution is 7.17. The fourth-order valence-corrected chi connectivity index (χ4v) is 3.55. The van der Waals surface area contributed by atoms with Crippen LogP contribution in [0.5, 0.6) is 0 Å². The molecular weight excluding hydrogens is 336 g/mol. The number of thiophene rings is 1. The van der Waals surface area contributed by atoms with E-state index in [9.17, 15) is 9.59 Å². The third kappa shape index (κ3) is 2.12. The van der Waals surface area contributed by atoms with Gasteiger partial charge in [-0.25, -0.2) is 13.9 Å². The molecule has 6 nitrogen and oxygen atoms in total. The standard InChI is InChI=1S/C15H11ClN4O2S/c1-18-13(21)12-11(6-7-23-12)20-14(18)17-19(15(20)22)8-9-2-4-10(16)5-3-9/h2-7H,8H2,1H3. The Kier molecular flexibility index (Phi) is 3.14. The Morgan fingerprint density at radius 1 is 1.17 bits per heavy atom. The first-order valence-electron chi connectivity index (χ1n) is 6.86. The molecule has 0 radical (unpaired) electrons. The summed E-state index contributed by atoms with van der Waals surface area (Å²) in [4.78, 5) is 25.0. The molecule has 0 aliphatic heterocycles. The van der Waals surface area contributed by atoms with Gasteiger partial charge >= 0.3 is 5.69 Å². The van der Waals surface area contributed by atoms with Crippen molar-refractivity contribution in [3.05, 3.63) is 67.1 Å². The van der Waals surface area contributed by atoms with Gasteiger partial charge in [0.1, 0.15) is 4.70 Å². The zero-order valence-electron chi connectivity index (χ0n) is 12.1. The fourth-order valence-electron chi connectivity index (χ4n) is 2.57. The molecule has 0 saturated heterocycles. The first-order valence-corrected chi connectivity index (χ1v) is 8.12. The van der Waals surface area contributed by atoms with Crippen LogP contribution in [0.3, 0.4) is 0 Å². The number of fused-ring (bicyclic) bond motifs is 3. The number of aromatic nitrogens is 4. The summed E-state index contributed by atoms with van der Waals surface area (Å²) >= 11 is 7.20. The largest absolute Gasteiger partial charge is 0.352 e. The highest BCUT2D eigenvalue weighted by Crippen LogP contribution is 2.17. The van der Waals surface area contributed by atoms with E-state index in [2.05, 4.69) is 5.10 Å². The van der Waals surface area contributed by atoms with Crippen molar-refractivity contribution in [3.8, 4) is 0 Å². The molecule has 0 saturated carbocycles. The highest BCUT2D eigenvalue weighted by Gasteiger charge is 2.16. The molecule has 3 aromatic heterocycles. The van der Waals surface area contributed by atoms with Crippen LogP contribution < -0.4 is 11.2 Å². The quantitative estimate of drug-likeness (QED) is 0.558. The van der Waals surface area contributed by atoms with Gasteiger partial charge in [-0.3, -0.25) is 9.36 Å². The van der Waals surface area contributed by atoms with Crippen molar-refractivity contribution < 1.29 is 0 Å². The number of rotatable bonds is 2. The Morgan fingerprint density at radius 3 is 2.65 bits per heavy atom. The summed E-state index contributed by atoms with van der Waals surface area (Å²) in [6.07, 6.45) is 0. The first kappa shape index (κ1) is 14.2. The van der Waals surface area contributed by atoms with E-state index in [1.807, 2.05) is 12.1 Å². The summed E-state index contributed by atoms with van der Waals surface area (Å²) < 4.78 is 4.78. The maximum Gasteiger partial charge on any atom is 0.352 e. The van der Waals surface area contributed by atoms with E-state index in [0.717, 1.165) is 5.56 Å². The van der Waals surface area contributed by atoms with E-state index in [-0.39, 0.29) is 11.2 Å². The lowest BCUT2D eigenvalue weighted by molar-refractivity contribution is 0.657. The smallest absolute Gasteiger partial charge is 0.279 e. The fraction of sp³-hybridized carbons (Fsp3) is 0.133. The van der Waals surface area contributed by atoms with Crippen LogP contribution in [0.25, 0.3) is 16.0 Å². The third-order valence-corrected chi connectivity index (χ3v) is 4.90. The van der Waals surface area contributed by atoms with Gasteiger partial charge in [-0.2, -0.15) is 0 Å². The topological polar surface area (TPSA) is 61.3 Å². The summed E-state index contributed by atoms with van der Waals surface area (Å²) in [7, 11) is 1.62. The first-order chi connectivity index (χ1) is 11.1. The van der Waals surface area contributed by atoms with Crippen LogP contribution in [0.15, 0.2) is 45.3 Å². The number of benzene rings is 1. The molecule has 0 aliphatic carbocycles. The maximum absolute atomic E-state index is 12.7. The second-order valence-electron chi connectivity index (χ2n) is 5.20. The Hall–Kier alpha value is -2.38. The van der Waals surface area contributed by atoms with Gasteiger partial charge in [0.05, 0.1) is 12.1 Å². The molecule has 23 heavy (non-hydrogen) atoms. The number of aryl methyl sites for hydroxylation is 1. The van der Waals surface area contributed by atoms with Crippen molar-refractivity contribution in [2.75, 3.05) is 0 Å². The van der Waals surface area contributed by atoms with Gasteiger partial charge in [-0.1, -0.05) is 23.7 Å². The summed E-state index contributed by atoms with van der Waals surface area (Å²) in [5.41, 5.74) is 1.09. The molecule has 8 heteroatoms. The van der Waals surface area contributed by atoms with E-state index in [1.54, 1.807) is 30.6 Å². The summed E-state index contributed by atoms with van der Waals surface area (Å²) in [5.74, 6) is 0.333. The number of nitrogens with zero attached hydrogens (tertiary/aromatic N) is 4. The lowest BCUT2D eigenvalue weighted by Gasteiger charge is -1.99. The molecular formula is C15H11ClN4O2S. The summed E-state index contributed by atoms with van der Waals surface area (Å²) in [5, 5.41) is 6.76. The van der Waals surface area contributed by atoms with Gasteiger partial charge in [0, 0.05) is 12.1 Å². The maximum atomic E-state index is 12.7. The molecule has 0 amide bonds. The molecule has 4 rings (SSSR count). The van der Waals surface area contributed by atoms with Crippen LogP contribution in [-0.4, -0.2) is 18.7 Å². The average molecular weight is 347 g/mol. The molecule has 0 bridgehead atoms. The third-order valence-electron chi connectivity index (χ3n) is 3.75. The van der Waals surface area contributed by atoms with E-state index in [0.29, 0.717) is 27.6 Å². The minimum atomic E-state index is -0.269. The Morgan fingerprint density at radius 2 is 1.91 bits per heavy atom. The van der Waals surface area contributed by atoms with Gasteiger partial charge in [0.15, 0.2) is 0 Å². The molecule has 0 aliphatic rings. The van der Waals surface area contributed by atoms with Crippen LogP contribution >= 0.6 is 22.9 Å². The zero-order chi connectivity index (χ0) is 16.1. The second-order valence-corrected chi connectivity index (χ2v) is 6.55. The highest BCUT2D eigenvalue weighted by atomic mass is 35.5. The van der Waals surface area contributed by atoms with Crippen molar-refractivity contribution in [1.82, 2.24) is 18.7 Å². The molecule has 1 aromatic carbocycles. The van der Waals surface area contributed by atoms with Gasteiger partial charge in [0.25, 0.3) is 5.56 Å². The monoisotopic (exact) mass is 346 g/mol. The van der Waals surface area contributed by atoms with Crippen molar-refractivity contribution in [2.24, 2.45) is 7.05 Å². The van der Waals surface area contributed by atoms with Crippen LogP contribution in [0.1, 0.15) is 5.56 Å². The number of hydrogen-bond donors (Lipinski definition) is 0. The summed E-state index contributed by atoms with van der Waals surface area (Å²) in [6.45, 7) is 0.317. The van der Waals surface area contributed by atoms with Crippen molar-refractivity contribution in [1.29, 1.82) is 0 Å². The van der Waals surface area contributed by atoms with Crippen LogP contribution in [-0.2, 0) is 13.6 Å². The molecule has 0 unspecified atom stereocenters. The average Bonchev–Trinajstić information content (AvgIpc) is 3.13. The normalized spacial score (nSPS) is 11.6. The van der Waals surface area contributed by atoms with Gasteiger partial charge < -0.3 is 0 Å². The van der Waals surface area contributed by atoms with E-state index in [4.69, 9.17) is 11.6 Å². The van der Waals surface area contributed by atoms with E-state index in [1.165, 1.54) is 25.0 Å². The summed E-state index contributed by atoms with van der Waals surface area (Å²) in [6, 6.07) is 9.00. The number of halogens is 1. The Labute approximate surface area is 138 Å². The molecule has 0 N–H and O–H groups in total. The molecule has 3 heterocycles. The molecule has 0 atom stereocenters. The minimum Gasteiger partial charge on any atom is -0.279 e. The molecule has 4 aromatic rings. The van der Waals surface area contributed by atoms with Crippen LogP contribution in [0.2, 0.25) is 5.02 Å². The predicted octanol–water partition coefficient (Wildman–Crippen LogP) is 2.11. The van der Waals surface area contributed by atoms with E-state index < -0.39 is 0 Å².